The number of pyridine rings is 1. The van der Waals surface area contributed by atoms with E-state index >= 15 is 0 Å². The quantitative estimate of drug-likeness (QED) is 0.651. The van der Waals surface area contributed by atoms with Crippen LogP contribution in [0.3, 0.4) is 0 Å². The first-order valence-corrected chi connectivity index (χ1v) is 8.88. The number of hydrogen-bond donors (Lipinski definition) is 2. The van der Waals surface area contributed by atoms with Gasteiger partial charge in [-0.15, -0.1) is 0 Å². The Bertz CT molecular complexity index is 952. The number of rotatable bonds is 7. The fourth-order valence-corrected chi connectivity index (χ4v) is 2.73. The largest absolute Gasteiger partial charge is 0.467 e. The molecular formula is C20H18FN3O4. The van der Waals surface area contributed by atoms with E-state index in [9.17, 15) is 14.3 Å². The number of aliphatic hydroxyl groups excluding tert-OH is 1. The number of amides is 1. The van der Waals surface area contributed by atoms with E-state index in [1.165, 1.54) is 24.6 Å². The second-order valence-corrected chi connectivity index (χ2v) is 6.55. The van der Waals surface area contributed by atoms with Crippen molar-refractivity contribution in [2.24, 2.45) is 0 Å². The van der Waals surface area contributed by atoms with Gasteiger partial charge >= 0.3 is 0 Å². The maximum Gasteiger partial charge on any atom is 0.253 e. The molecule has 0 spiro atoms. The summed E-state index contributed by atoms with van der Waals surface area (Å²) < 4.78 is 23.9. The maximum absolute atomic E-state index is 13.2. The fourth-order valence-electron chi connectivity index (χ4n) is 2.73. The highest BCUT2D eigenvalue weighted by molar-refractivity contribution is 5.94. The summed E-state index contributed by atoms with van der Waals surface area (Å²) in [6.07, 6.45) is 4.03. The molecule has 1 amide bonds. The highest BCUT2D eigenvalue weighted by Crippen LogP contribution is 2.30. The number of aliphatic hydroxyl groups is 1. The van der Waals surface area contributed by atoms with E-state index in [4.69, 9.17) is 9.26 Å². The van der Waals surface area contributed by atoms with Crippen LogP contribution in [0.4, 0.5) is 4.39 Å². The molecule has 1 aliphatic rings. The Morgan fingerprint density at radius 1 is 1.29 bits per heavy atom. The summed E-state index contributed by atoms with van der Waals surface area (Å²) in [6, 6.07) is 9.21. The molecule has 28 heavy (non-hydrogen) atoms. The Labute approximate surface area is 160 Å². The lowest BCUT2D eigenvalue weighted by Crippen LogP contribution is -2.25. The van der Waals surface area contributed by atoms with Crippen LogP contribution in [0.1, 0.15) is 34.9 Å². The van der Waals surface area contributed by atoms with Crippen LogP contribution in [0.25, 0.3) is 11.3 Å². The standard InChI is InChI=1S/C20H18FN3O4/c21-14-4-1-12(2-5-14)19-16(11-27-24-19)17(10-25)28-18-8-3-13(9-22-18)20(26)23-15-6-7-15/h1-5,8-9,11,15,17,25H,6-7,10H2,(H,23,26)/t17-/m1/s1. The van der Waals surface area contributed by atoms with Crippen molar-refractivity contribution in [3.05, 3.63) is 65.8 Å². The SMILES string of the molecule is O=C(NC1CC1)c1ccc(O[C@H](CO)c2conc2-c2ccc(F)cc2)nc1. The van der Waals surface area contributed by atoms with Crippen LogP contribution >= 0.6 is 0 Å². The number of aromatic nitrogens is 2. The first-order chi connectivity index (χ1) is 13.6. The van der Waals surface area contributed by atoms with Crippen LogP contribution in [0.15, 0.2) is 53.4 Å². The van der Waals surface area contributed by atoms with Crippen molar-refractivity contribution in [1.82, 2.24) is 15.5 Å². The minimum Gasteiger partial charge on any atom is -0.467 e. The van der Waals surface area contributed by atoms with Crippen LogP contribution in [0.2, 0.25) is 0 Å². The van der Waals surface area contributed by atoms with Gasteiger partial charge < -0.3 is 19.7 Å². The first kappa shape index (κ1) is 18.1. The molecule has 1 saturated carbocycles. The van der Waals surface area contributed by atoms with Gasteiger partial charge in [0.2, 0.25) is 5.88 Å². The summed E-state index contributed by atoms with van der Waals surface area (Å²) in [5, 5.41) is 16.6. The van der Waals surface area contributed by atoms with Crippen molar-refractivity contribution >= 4 is 5.91 Å². The smallest absolute Gasteiger partial charge is 0.253 e. The minimum absolute atomic E-state index is 0.169. The van der Waals surface area contributed by atoms with Gasteiger partial charge in [0.15, 0.2) is 6.10 Å². The summed E-state index contributed by atoms with van der Waals surface area (Å²) in [6.45, 7) is -0.346. The molecule has 144 valence electrons. The van der Waals surface area contributed by atoms with Gasteiger partial charge in [0.1, 0.15) is 17.8 Å². The molecule has 1 aromatic carbocycles. The van der Waals surface area contributed by atoms with Crippen molar-refractivity contribution in [2.75, 3.05) is 6.61 Å². The first-order valence-electron chi connectivity index (χ1n) is 8.88. The van der Waals surface area contributed by atoms with Crippen molar-refractivity contribution in [1.29, 1.82) is 0 Å². The lowest BCUT2D eigenvalue weighted by molar-refractivity contribution is 0.0949. The number of hydrogen-bond acceptors (Lipinski definition) is 6. The number of carbonyl (C=O) groups excluding carboxylic acids is 1. The van der Waals surface area contributed by atoms with E-state index in [1.807, 2.05) is 0 Å². The van der Waals surface area contributed by atoms with E-state index in [0.29, 0.717) is 22.4 Å². The molecule has 1 fully saturated rings. The van der Waals surface area contributed by atoms with Gasteiger partial charge in [-0.1, -0.05) is 5.16 Å². The molecule has 1 aliphatic carbocycles. The zero-order valence-electron chi connectivity index (χ0n) is 14.8. The molecule has 3 aromatic rings. The van der Waals surface area contributed by atoms with Crippen molar-refractivity contribution in [2.45, 2.75) is 25.0 Å². The number of nitrogens with one attached hydrogen (secondary N) is 1. The Kier molecular flexibility index (Phi) is 5.03. The van der Waals surface area contributed by atoms with Gasteiger partial charge in [0.05, 0.1) is 17.7 Å². The van der Waals surface area contributed by atoms with Crippen LogP contribution < -0.4 is 10.1 Å². The van der Waals surface area contributed by atoms with Gasteiger partial charge in [0.25, 0.3) is 5.91 Å². The number of ether oxygens (including phenoxy) is 1. The number of carbonyl (C=O) groups is 1. The molecule has 2 N–H and O–H groups in total. The molecule has 8 heteroatoms. The van der Waals surface area contributed by atoms with Gasteiger partial charge in [-0.05, 0) is 43.2 Å². The molecular weight excluding hydrogens is 365 g/mol. The second-order valence-electron chi connectivity index (χ2n) is 6.55. The third-order valence-electron chi connectivity index (χ3n) is 4.40. The molecule has 1 atom stereocenters. The van der Waals surface area contributed by atoms with E-state index in [0.717, 1.165) is 12.8 Å². The fraction of sp³-hybridized carbons (Fsp3) is 0.250. The molecule has 4 rings (SSSR count). The number of halogens is 1. The van der Waals surface area contributed by atoms with Crippen LogP contribution in [-0.2, 0) is 0 Å². The normalized spacial score (nSPS) is 14.5. The lowest BCUT2D eigenvalue weighted by Gasteiger charge is -2.16. The predicted octanol–water partition coefficient (Wildman–Crippen LogP) is 2.88. The van der Waals surface area contributed by atoms with Gasteiger partial charge in [-0.25, -0.2) is 9.37 Å². The van der Waals surface area contributed by atoms with Gasteiger partial charge in [0, 0.05) is 23.9 Å². The van der Waals surface area contributed by atoms with Crippen LogP contribution in [0.5, 0.6) is 5.88 Å². The average Bonchev–Trinajstić information content (AvgIpc) is 3.40. The van der Waals surface area contributed by atoms with E-state index in [2.05, 4.69) is 15.5 Å². The topological polar surface area (TPSA) is 97.5 Å². The Balaban J connectivity index is 1.50. The Hall–Kier alpha value is -3.26. The molecule has 0 unspecified atom stereocenters. The molecule has 0 aliphatic heterocycles. The highest BCUT2D eigenvalue weighted by atomic mass is 19.1. The maximum atomic E-state index is 13.2. The van der Waals surface area contributed by atoms with Crippen molar-refractivity contribution < 1.29 is 23.6 Å². The van der Waals surface area contributed by atoms with Crippen LogP contribution in [0, 0.1) is 5.82 Å². The Morgan fingerprint density at radius 2 is 2.07 bits per heavy atom. The zero-order chi connectivity index (χ0) is 19.5. The molecule has 2 aromatic heterocycles. The van der Waals surface area contributed by atoms with E-state index < -0.39 is 6.10 Å². The van der Waals surface area contributed by atoms with E-state index in [1.54, 1.807) is 24.3 Å². The van der Waals surface area contributed by atoms with Gasteiger partial charge in [-0.2, -0.15) is 0 Å². The number of benzene rings is 1. The molecule has 0 radical (unpaired) electrons. The summed E-state index contributed by atoms with van der Waals surface area (Å²) in [5.41, 5.74) is 2.02. The summed E-state index contributed by atoms with van der Waals surface area (Å²) in [4.78, 5) is 16.2. The summed E-state index contributed by atoms with van der Waals surface area (Å²) in [7, 11) is 0. The summed E-state index contributed by atoms with van der Waals surface area (Å²) in [5.74, 6) is -0.287. The third-order valence-corrected chi connectivity index (χ3v) is 4.40. The van der Waals surface area contributed by atoms with Gasteiger partial charge in [-0.3, -0.25) is 4.79 Å². The Morgan fingerprint density at radius 3 is 2.71 bits per heavy atom. The predicted molar refractivity (Wildman–Crippen MR) is 97.1 cm³/mol. The zero-order valence-corrected chi connectivity index (χ0v) is 14.8. The molecule has 0 bridgehead atoms. The summed E-state index contributed by atoms with van der Waals surface area (Å²) >= 11 is 0. The van der Waals surface area contributed by atoms with Crippen LogP contribution in [-0.4, -0.2) is 33.8 Å². The average molecular weight is 383 g/mol. The van der Waals surface area contributed by atoms with Crippen molar-refractivity contribution in [3.63, 3.8) is 0 Å². The lowest BCUT2D eigenvalue weighted by atomic mass is 10.0. The molecule has 0 saturated heterocycles. The van der Waals surface area contributed by atoms with Crippen molar-refractivity contribution in [3.8, 4) is 17.1 Å². The minimum atomic E-state index is -0.787. The molecule has 7 nitrogen and oxygen atoms in total. The third kappa shape index (κ3) is 4.01. The van der Waals surface area contributed by atoms with E-state index in [-0.39, 0.29) is 30.3 Å². The second kappa shape index (κ2) is 7.77. The monoisotopic (exact) mass is 383 g/mol. The molecule has 2 heterocycles. The number of nitrogens with zero attached hydrogens (tertiary/aromatic N) is 2. The highest BCUT2D eigenvalue weighted by Gasteiger charge is 2.24.